The first kappa shape index (κ1) is 34.7. The van der Waals surface area contributed by atoms with Crippen LogP contribution >= 0.6 is 0 Å². The molecular formula is C39H50N2O5. The standard InChI is InChI=1S/C39H50N2O5/c1-2-3-4-5-6-7-8-9-10-11-12-13-14-15-16-17-27-46-34-24-21-30(22-25-34)37-40-35-29-32(39(44)45)23-26-36(35)41(37)33-20-18-19-31(28-33)38(42)43/h18-26,28-29H,2-17,27H2,1H3,(H,42,43)(H,44,45). The molecule has 2 N–H and O–H groups in total. The van der Waals surface area contributed by atoms with Crippen LogP contribution in [-0.2, 0) is 0 Å². The highest BCUT2D eigenvalue weighted by Gasteiger charge is 2.17. The normalized spacial score (nSPS) is 11.2. The van der Waals surface area contributed by atoms with Gasteiger partial charge in [0.25, 0.3) is 0 Å². The molecule has 0 unspecified atom stereocenters. The van der Waals surface area contributed by atoms with Crippen molar-refractivity contribution in [2.45, 2.75) is 110 Å². The minimum absolute atomic E-state index is 0.140. The third-order valence-corrected chi connectivity index (χ3v) is 8.63. The predicted molar refractivity (Wildman–Crippen MR) is 185 cm³/mol. The first-order chi connectivity index (χ1) is 22.5. The van der Waals surface area contributed by atoms with Gasteiger partial charge in [0.1, 0.15) is 11.6 Å². The SMILES string of the molecule is CCCCCCCCCCCCCCCCCCOc1ccc(-c2nc3cc(C(=O)O)ccc3n2-c2cccc(C(=O)O)c2)cc1. The molecule has 0 atom stereocenters. The van der Waals surface area contributed by atoms with Gasteiger partial charge in [-0.3, -0.25) is 4.57 Å². The lowest BCUT2D eigenvalue weighted by Gasteiger charge is -2.11. The molecule has 7 heteroatoms. The molecule has 0 aliphatic carbocycles. The molecule has 4 aromatic rings. The molecule has 1 heterocycles. The van der Waals surface area contributed by atoms with E-state index in [0.29, 0.717) is 29.2 Å². The monoisotopic (exact) mass is 626 g/mol. The number of rotatable bonds is 22. The predicted octanol–water partition coefficient (Wildman–Crippen LogP) is 10.7. The van der Waals surface area contributed by atoms with E-state index in [2.05, 4.69) is 6.92 Å². The van der Waals surface area contributed by atoms with Crippen LogP contribution < -0.4 is 4.74 Å². The Hall–Kier alpha value is -4.13. The van der Waals surface area contributed by atoms with Gasteiger partial charge in [-0.05, 0) is 67.1 Å². The van der Waals surface area contributed by atoms with Crippen LogP contribution in [0.4, 0.5) is 0 Å². The van der Waals surface area contributed by atoms with Gasteiger partial charge in [-0.1, -0.05) is 109 Å². The summed E-state index contributed by atoms with van der Waals surface area (Å²) in [6.45, 7) is 2.95. The fraction of sp³-hybridized carbons (Fsp3) is 0.462. The Morgan fingerprint density at radius 3 is 1.76 bits per heavy atom. The van der Waals surface area contributed by atoms with Gasteiger partial charge in [-0.15, -0.1) is 0 Å². The number of aromatic carboxylic acids is 2. The van der Waals surface area contributed by atoms with Gasteiger partial charge < -0.3 is 14.9 Å². The number of hydrogen-bond acceptors (Lipinski definition) is 4. The number of imidazole rings is 1. The first-order valence-electron chi connectivity index (χ1n) is 17.3. The summed E-state index contributed by atoms with van der Waals surface area (Å²) < 4.78 is 7.88. The molecule has 0 fully saturated rings. The van der Waals surface area contributed by atoms with Gasteiger partial charge in [-0.2, -0.15) is 0 Å². The molecule has 0 radical (unpaired) electrons. The number of carbonyl (C=O) groups is 2. The molecule has 4 rings (SSSR count). The Balaban J connectivity index is 1.22. The van der Waals surface area contributed by atoms with Gasteiger partial charge in [0.15, 0.2) is 0 Å². The Labute approximate surface area is 273 Å². The molecule has 0 aliphatic rings. The van der Waals surface area contributed by atoms with Crippen molar-refractivity contribution in [2.75, 3.05) is 6.61 Å². The van der Waals surface area contributed by atoms with Gasteiger partial charge >= 0.3 is 11.9 Å². The second-order valence-electron chi connectivity index (χ2n) is 12.3. The van der Waals surface area contributed by atoms with E-state index in [1.165, 1.54) is 108 Å². The van der Waals surface area contributed by atoms with E-state index in [0.717, 1.165) is 17.7 Å². The highest BCUT2D eigenvalue weighted by molar-refractivity contribution is 5.94. The lowest BCUT2D eigenvalue weighted by molar-refractivity contribution is 0.0686. The number of unbranched alkanes of at least 4 members (excludes halogenated alkanes) is 15. The second kappa shape index (κ2) is 18.7. The zero-order chi connectivity index (χ0) is 32.6. The van der Waals surface area contributed by atoms with E-state index < -0.39 is 11.9 Å². The van der Waals surface area contributed by atoms with Crippen LogP contribution in [0, 0.1) is 0 Å². The average Bonchev–Trinajstić information content (AvgIpc) is 3.45. The van der Waals surface area contributed by atoms with Crippen molar-refractivity contribution in [3.8, 4) is 22.8 Å². The van der Waals surface area contributed by atoms with Crippen LogP contribution in [0.3, 0.4) is 0 Å². The third kappa shape index (κ3) is 10.5. The zero-order valence-corrected chi connectivity index (χ0v) is 27.4. The van der Waals surface area contributed by atoms with Crippen LogP contribution in [0.1, 0.15) is 130 Å². The highest BCUT2D eigenvalue weighted by Crippen LogP contribution is 2.31. The van der Waals surface area contributed by atoms with Crippen molar-refractivity contribution in [3.63, 3.8) is 0 Å². The summed E-state index contributed by atoms with van der Waals surface area (Å²) >= 11 is 0. The number of carboxylic acids is 2. The number of benzene rings is 3. The van der Waals surface area contributed by atoms with E-state index in [9.17, 15) is 19.8 Å². The van der Waals surface area contributed by atoms with Crippen molar-refractivity contribution >= 4 is 23.0 Å². The molecule has 1 aromatic heterocycles. The largest absolute Gasteiger partial charge is 0.494 e. The Morgan fingerprint density at radius 1 is 0.652 bits per heavy atom. The first-order valence-corrected chi connectivity index (χ1v) is 17.3. The molecule has 0 aliphatic heterocycles. The maximum absolute atomic E-state index is 11.7. The molecule has 0 amide bonds. The summed E-state index contributed by atoms with van der Waals surface area (Å²) in [5.74, 6) is -0.679. The lowest BCUT2D eigenvalue weighted by Crippen LogP contribution is -2.02. The minimum Gasteiger partial charge on any atom is -0.494 e. The smallest absolute Gasteiger partial charge is 0.335 e. The van der Waals surface area contributed by atoms with E-state index in [1.54, 1.807) is 24.3 Å². The molecule has 7 nitrogen and oxygen atoms in total. The third-order valence-electron chi connectivity index (χ3n) is 8.63. The van der Waals surface area contributed by atoms with Gasteiger partial charge in [0.2, 0.25) is 0 Å². The van der Waals surface area contributed by atoms with Crippen LogP contribution in [0.5, 0.6) is 5.75 Å². The minimum atomic E-state index is -1.03. The summed E-state index contributed by atoms with van der Waals surface area (Å²) in [4.78, 5) is 28.0. The van der Waals surface area contributed by atoms with Gasteiger partial charge in [0, 0.05) is 11.3 Å². The van der Waals surface area contributed by atoms with E-state index >= 15 is 0 Å². The number of hydrogen-bond donors (Lipinski definition) is 2. The lowest BCUT2D eigenvalue weighted by atomic mass is 10.0. The molecule has 246 valence electrons. The molecule has 0 saturated heterocycles. The summed E-state index contributed by atoms with van der Waals surface area (Å²) in [6.07, 6.45) is 21.4. The molecule has 0 spiro atoms. The molecule has 3 aromatic carbocycles. The summed E-state index contributed by atoms with van der Waals surface area (Å²) in [5.41, 5.74) is 2.93. The zero-order valence-electron chi connectivity index (χ0n) is 27.4. The van der Waals surface area contributed by atoms with Crippen LogP contribution in [-0.4, -0.2) is 38.3 Å². The van der Waals surface area contributed by atoms with E-state index in [-0.39, 0.29) is 11.1 Å². The van der Waals surface area contributed by atoms with Crippen LogP contribution in [0.25, 0.3) is 28.1 Å². The fourth-order valence-electron chi connectivity index (χ4n) is 5.99. The van der Waals surface area contributed by atoms with Gasteiger partial charge in [0.05, 0.1) is 28.8 Å². The summed E-state index contributed by atoms with van der Waals surface area (Å²) in [5, 5.41) is 19.0. The quantitative estimate of drug-likeness (QED) is 0.0842. The number of nitrogens with zero attached hydrogens (tertiary/aromatic N) is 2. The molecule has 0 saturated carbocycles. The van der Waals surface area contributed by atoms with Crippen molar-refractivity contribution in [3.05, 3.63) is 77.9 Å². The number of ether oxygens (including phenoxy) is 1. The Morgan fingerprint density at radius 2 is 1.20 bits per heavy atom. The Bertz CT molecular complexity index is 1530. The molecule has 0 bridgehead atoms. The summed E-state index contributed by atoms with van der Waals surface area (Å²) in [7, 11) is 0. The number of fused-ring (bicyclic) bond motifs is 1. The number of aromatic nitrogens is 2. The van der Waals surface area contributed by atoms with Crippen molar-refractivity contribution < 1.29 is 24.5 Å². The topological polar surface area (TPSA) is 102 Å². The maximum atomic E-state index is 11.7. The molecular weight excluding hydrogens is 576 g/mol. The Kier molecular flexibility index (Phi) is 14.2. The molecule has 46 heavy (non-hydrogen) atoms. The van der Waals surface area contributed by atoms with Crippen molar-refractivity contribution in [1.82, 2.24) is 9.55 Å². The fourth-order valence-corrected chi connectivity index (χ4v) is 5.99. The summed E-state index contributed by atoms with van der Waals surface area (Å²) in [6, 6.07) is 19.1. The van der Waals surface area contributed by atoms with Gasteiger partial charge in [-0.25, -0.2) is 14.6 Å². The van der Waals surface area contributed by atoms with E-state index in [4.69, 9.17) is 9.72 Å². The van der Waals surface area contributed by atoms with Crippen LogP contribution in [0.15, 0.2) is 66.7 Å². The number of carboxylic acid groups (broad SMARTS) is 2. The maximum Gasteiger partial charge on any atom is 0.335 e. The average molecular weight is 627 g/mol. The van der Waals surface area contributed by atoms with Crippen molar-refractivity contribution in [1.29, 1.82) is 0 Å². The van der Waals surface area contributed by atoms with Crippen molar-refractivity contribution in [2.24, 2.45) is 0 Å². The highest BCUT2D eigenvalue weighted by atomic mass is 16.5. The van der Waals surface area contributed by atoms with E-state index in [1.807, 2.05) is 34.9 Å². The second-order valence-corrected chi connectivity index (χ2v) is 12.3. The van der Waals surface area contributed by atoms with Crippen LogP contribution in [0.2, 0.25) is 0 Å².